The van der Waals surface area contributed by atoms with Crippen LogP contribution in [0, 0.1) is 5.92 Å². The SMILES string of the molecule is CCCNc1cc(C(F)(F)F)cc(NCC(CC)CC)n1. The molecule has 120 valence electrons. The Morgan fingerprint density at radius 2 is 1.62 bits per heavy atom. The van der Waals surface area contributed by atoms with Gasteiger partial charge < -0.3 is 10.6 Å². The van der Waals surface area contributed by atoms with Crippen LogP contribution >= 0.6 is 0 Å². The summed E-state index contributed by atoms with van der Waals surface area (Å²) in [5.41, 5.74) is -0.678. The lowest BCUT2D eigenvalue weighted by Gasteiger charge is -2.16. The number of nitrogens with one attached hydrogen (secondary N) is 2. The molecule has 6 heteroatoms. The van der Waals surface area contributed by atoms with Crippen molar-refractivity contribution in [1.82, 2.24) is 4.98 Å². The van der Waals surface area contributed by atoms with Crippen LogP contribution in [0.5, 0.6) is 0 Å². The van der Waals surface area contributed by atoms with Gasteiger partial charge in [-0.3, -0.25) is 0 Å². The highest BCUT2D eigenvalue weighted by atomic mass is 19.4. The lowest BCUT2D eigenvalue weighted by Crippen LogP contribution is -2.16. The summed E-state index contributed by atoms with van der Waals surface area (Å²) in [7, 11) is 0. The second kappa shape index (κ2) is 8.10. The average molecular weight is 303 g/mol. The number of aromatic nitrogens is 1. The number of pyridine rings is 1. The van der Waals surface area contributed by atoms with E-state index in [4.69, 9.17) is 0 Å². The summed E-state index contributed by atoms with van der Waals surface area (Å²) < 4.78 is 38.8. The van der Waals surface area contributed by atoms with Gasteiger partial charge in [-0.15, -0.1) is 0 Å². The summed E-state index contributed by atoms with van der Waals surface area (Å²) in [5, 5.41) is 5.94. The van der Waals surface area contributed by atoms with E-state index in [0.29, 0.717) is 19.0 Å². The van der Waals surface area contributed by atoms with E-state index in [1.807, 2.05) is 6.92 Å². The van der Waals surface area contributed by atoms with E-state index in [0.717, 1.165) is 31.4 Å². The molecular weight excluding hydrogens is 279 g/mol. The number of anilines is 2. The van der Waals surface area contributed by atoms with E-state index in [9.17, 15) is 13.2 Å². The predicted octanol–water partition coefficient (Wildman–Crippen LogP) is 4.77. The Kier molecular flexibility index (Phi) is 6.78. The molecule has 0 fully saturated rings. The molecule has 1 rings (SSSR count). The Morgan fingerprint density at radius 1 is 1.05 bits per heavy atom. The van der Waals surface area contributed by atoms with E-state index in [1.165, 1.54) is 0 Å². The first-order valence-electron chi connectivity index (χ1n) is 7.47. The van der Waals surface area contributed by atoms with E-state index in [2.05, 4.69) is 29.5 Å². The quantitative estimate of drug-likeness (QED) is 0.726. The molecule has 0 atom stereocenters. The molecule has 0 amide bonds. The predicted molar refractivity (Wildman–Crippen MR) is 80.6 cm³/mol. The first-order chi connectivity index (χ1) is 9.90. The molecule has 0 saturated heterocycles. The van der Waals surface area contributed by atoms with Crippen molar-refractivity contribution in [3.63, 3.8) is 0 Å². The normalized spacial score (nSPS) is 11.8. The van der Waals surface area contributed by atoms with Gasteiger partial charge in [0.25, 0.3) is 0 Å². The van der Waals surface area contributed by atoms with Crippen molar-refractivity contribution >= 4 is 11.6 Å². The van der Waals surface area contributed by atoms with Gasteiger partial charge in [0, 0.05) is 13.1 Å². The summed E-state index contributed by atoms with van der Waals surface area (Å²) in [6.07, 6.45) is -1.56. The third kappa shape index (κ3) is 5.81. The minimum atomic E-state index is -4.36. The molecule has 3 nitrogen and oxygen atoms in total. The van der Waals surface area contributed by atoms with Crippen LogP contribution in [0.25, 0.3) is 0 Å². The minimum Gasteiger partial charge on any atom is -0.370 e. The van der Waals surface area contributed by atoms with Crippen molar-refractivity contribution in [1.29, 1.82) is 0 Å². The number of hydrogen-bond donors (Lipinski definition) is 2. The van der Waals surface area contributed by atoms with Gasteiger partial charge in [0.15, 0.2) is 0 Å². The molecule has 0 bridgehead atoms. The van der Waals surface area contributed by atoms with Gasteiger partial charge in [-0.1, -0.05) is 33.6 Å². The van der Waals surface area contributed by atoms with E-state index in [-0.39, 0.29) is 11.6 Å². The molecule has 2 N–H and O–H groups in total. The molecule has 21 heavy (non-hydrogen) atoms. The van der Waals surface area contributed by atoms with Gasteiger partial charge in [-0.25, -0.2) is 4.98 Å². The number of alkyl halides is 3. The standard InChI is InChI=1S/C15H24F3N3/c1-4-7-19-13-8-12(15(16,17)18)9-14(21-13)20-10-11(5-2)6-3/h8-9,11H,4-7,10H2,1-3H3,(H2,19,20,21). The van der Waals surface area contributed by atoms with Crippen LogP contribution in [-0.4, -0.2) is 18.1 Å². The molecular formula is C15H24F3N3. The zero-order valence-electron chi connectivity index (χ0n) is 12.8. The molecule has 0 spiro atoms. The molecule has 0 aliphatic heterocycles. The van der Waals surface area contributed by atoms with Crippen molar-refractivity contribution in [2.24, 2.45) is 5.92 Å². The lowest BCUT2D eigenvalue weighted by molar-refractivity contribution is -0.137. The van der Waals surface area contributed by atoms with Crippen molar-refractivity contribution < 1.29 is 13.2 Å². The monoisotopic (exact) mass is 303 g/mol. The molecule has 1 aromatic rings. The first-order valence-corrected chi connectivity index (χ1v) is 7.47. The molecule has 1 aromatic heterocycles. The lowest BCUT2D eigenvalue weighted by atomic mass is 10.0. The van der Waals surface area contributed by atoms with Gasteiger partial charge in [0.1, 0.15) is 11.6 Å². The molecule has 1 heterocycles. The van der Waals surface area contributed by atoms with Gasteiger partial charge in [0.05, 0.1) is 5.56 Å². The van der Waals surface area contributed by atoms with E-state index in [1.54, 1.807) is 0 Å². The maximum absolute atomic E-state index is 12.9. The van der Waals surface area contributed by atoms with E-state index >= 15 is 0 Å². The topological polar surface area (TPSA) is 37.0 Å². The largest absolute Gasteiger partial charge is 0.416 e. The van der Waals surface area contributed by atoms with Crippen LogP contribution in [0.2, 0.25) is 0 Å². The summed E-state index contributed by atoms with van der Waals surface area (Å²) in [6.45, 7) is 7.33. The van der Waals surface area contributed by atoms with Crippen molar-refractivity contribution in [2.45, 2.75) is 46.2 Å². The fraction of sp³-hybridized carbons (Fsp3) is 0.667. The third-order valence-corrected chi connectivity index (χ3v) is 3.44. The highest BCUT2D eigenvalue weighted by molar-refractivity contribution is 5.49. The van der Waals surface area contributed by atoms with Crippen LogP contribution in [0.3, 0.4) is 0 Å². The fourth-order valence-corrected chi connectivity index (χ4v) is 1.95. The van der Waals surface area contributed by atoms with Crippen LogP contribution in [0.4, 0.5) is 24.8 Å². The molecule has 0 radical (unpaired) electrons. The first kappa shape index (κ1) is 17.6. The zero-order chi connectivity index (χ0) is 15.9. The zero-order valence-corrected chi connectivity index (χ0v) is 12.8. The Hall–Kier alpha value is -1.46. The molecule has 0 aromatic carbocycles. The second-order valence-electron chi connectivity index (χ2n) is 5.11. The molecule has 0 unspecified atom stereocenters. The number of hydrogen-bond acceptors (Lipinski definition) is 3. The minimum absolute atomic E-state index is 0.263. The summed E-state index contributed by atoms with van der Waals surface area (Å²) >= 11 is 0. The molecule has 0 saturated carbocycles. The highest BCUT2D eigenvalue weighted by Gasteiger charge is 2.31. The summed E-state index contributed by atoms with van der Waals surface area (Å²) in [6, 6.07) is 2.12. The second-order valence-corrected chi connectivity index (χ2v) is 5.11. The fourth-order valence-electron chi connectivity index (χ4n) is 1.95. The number of rotatable bonds is 8. The van der Waals surface area contributed by atoms with Crippen molar-refractivity contribution in [2.75, 3.05) is 23.7 Å². The maximum atomic E-state index is 12.9. The van der Waals surface area contributed by atoms with E-state index < -0.39 is 11.7 Å². The average Bonchev–Trinajstić information content (AvgIpc) is 2.45. The Bertz CT molecular complexity index is 429. The van der Waals surface area contributed by atoms with Crippen LogP contribution in [0.1, 0.15) is 45.6 Å². The van der Waals surface area contributed by atoms with Gasteiger partial charge in [-0.2, -0.15) is 13.2 Å². The number of nitrogens with zero attached hydrogens (tertiary/aromatic N) is 1. The van der Waals surface area contributed by atoms with Gasteiger partial charge in [0.2, 0.25) is 0 Å². The number of halogens is 3. The van der Waals surface area contributed by atoms with Crippen LogP contribution in [-0.2, 0) is 6.18 Å². The van der Waals surface area contributed by atoms with Crippen LogP contribution < -0.4 is 10.6 Å². The summed E-state index contributed by atoms with van der Waals surface area (Å²) in [4.78, 5) is 4.20. The summed E-state index contributed by atoms with van der Waals surface area (Å²) in [5.74, 6) is 0.974. The molecule has 0 aliphatic carbocycles. The maximum Gasteiger partial charge on any atom is 0.416 e. The Balaban J connectivity index is 2.90. The third-order valence-electron chi connectivity index (χ3n) is 3.44. The Morgan fingerprint density at radius 3 is 2.10 bits per heavy atom. The smallest absolute Gasteiger partial charge is 0.370 e. The van der Waals surface area contributed by atoms with Crippen molar-refractivity contribution in [3.05, 3.63) is 17.7 Å². The van der Waals surface area contributed by atoms with Crippen molar-refractivity contribution in [3.8, 4) is 0 Å². The Labute approximate surface area is 124 Å². The van der Waals surface area contributed by atoms with Crippen LogP contribution in [0.15, 0.2) is 12.1 Å². The highest BCUT2D eigenvalue weighted by Crippen LogP contribution is 2.32. The van der Waals surface area contributed by atoms with Gasteiger partial charge >= 0.3 is 6.18 Å². The molecule has 0 aliphatic rings. The van der Waals surface area contributed by atoms with Gasteiger partial charge in [-0.05, 0) is 24.5 Å².